The van der Waals surface area contributed by atoms with Crippen molar-refractivity contribution in [3.05, 3.63) is 12.4 Å². The third-order valence-corrected chi connectivity index (χ3v) is 2.23. The fourth-order valence-electron chi connectivity index (χ4n) is 1.25. The van der Waals surface area contributed by atoms with E-state index < -0.39 is 5.92 Å². The van der Waals surface area contributed by atoms with Crippen LogP contribution in [0.25, 0.3) is 0 Å². The highest BCUT2D eigenvalue weighted by Gasteiger charge is 2.25. The van der Waals surface area contributed by atoms with Crippen LogP contribution in [-0.2, 0) is 4.79 Å². The lowest BCUT2D eigenvalue weighted by molar-refractivity contribution is -0.118. The molecule has 0 bridgehead atoms. The molecular formula is C9H13N5OS. The summed E-state index contributed by atoms with van der Waals surface area (Å²) in [6.07, 6.45) is 2.86. The van der Waals surface area contributed by atoms with Gasteiger partial charge in [0.05, 0.1) is 23.3 Å². The maximum absolute atomic E-state index is 11.8. The third-order valence-electron chi connectivity index (χ3n) is 1.97. The quantitative estimate of drug-likeness (QED) is 0.737. The van der Waals surface area contributed by atoms with Crippen LogP contribution in [0.15, 0.2) is 12.4 Å². The Morgan fingerprint density at radius 2 is 2.19 bits per heavy atom. The molecule has 0 fully saturated rings. The topological polar surface area (TPSA) is 93.8 Å². The number of hydrogen-bond acceptors (Lipinski definition) is 5. The smallest absolute Gasteiger partial charge is 0.249 e. The van der Waals surface area contributed by atoms with Gasteiger partial charge in [-0.25, -0.2) is 4.98 Å². The molecule has 1 amide bonds. The van der Waals surface area contributed by atoms with E-state index in [2.05, 4.69) is 20.5 Å². The zero-order chi connectivity index (χ0) is 12.1. The van der Waals surface area contributed by atoms with Crippen LogP contribution in [-0.4, -0.2) is 26.1 Å². The van der Waals surface area contributed by atoms with Crippen molar-refractivity contribution in [1.29, 1.82) is 0 Å². The average Bonchev–Trinajstić information content (AvgIpc) is 2.17. The van der Waals surface area contributed by atoms with Crippen LogP contribution >= 0.6 is 12.2 Å². The van der Waals surface area contributed by atoms with Crippen LogP contribution < -0.4 is 11.1 Å². The molecule has 0 saturated carbocycles. The van der Waals surface area contributed by atoms with E-state index in [0.717, 1.165) is 0 Å². The fourth-order valence-corrected chi connectivity index (χ4v) is 1.63. The minimum absolute atomic E-state index is 0.0224. The van der Waals surface area contributed by atoms with Gasteiger partial charge < -0.3 is 5.73 Å². The summed E-state index contributed by atoms with van der Waals surface area (Å²) in [5.74, 6) is -0.669. The maximum Gasteiger partial charge on any atom is 0.249 e. The van der Waals surface area contributed by atoms with E-state index in [1.54, 1.807) is 0 Å². The van der Waals surface area contributed by atoms with Gasteiger partial charge in [0.1, 0.15) is 0 Å². The third kappa shape index (κ3) is 3.20. The van der Waals surface area contributed by atoms with E-state index in [9.17, 15) is 4.79 Å². The maximum atomic E-state index is 11.8. The Bertz CT molecular complexity index is 381. The molecule has 16 heavy (non-hydrogen) atoms. The predicted octanol–water partition coefficient (Wildman–Crippen LogP) is 0.368. The van der Waals surface area contributed by atoms with Gasteiger partial charge in [-0.2, -0.15) is 5.10 Å². The number of aromatic nitrogens is 3. The van der Waals surface area contributed by atoms with Crippen LogP contribution in [0, 0.1) is 11.8 Å². The number of nitrogens with two attached hydrogens (primary N) is 1. The summed E-state index contributed by atoms with van der Waals surface area (Å²) in [5, 5.41) is 9.75. The van der Waals surface area contributed by atoms with Crippen molar-refractivity contribution < 1.29 is 4.79 Å². The minimum Gasteiger partial charge on any atom is -0.393 e. The number of rotatable bonds is 4. The van der Waals surface area contributed by atoms with Gasteiger partial charge in [-0.1, -0.05) is 26.1 Å². The summed E-state index contributed by atoms with van der Waals surface area (Å²) < 4.78 is 0. The molecule has 1 aromatic rings. The van der Waals surface area contributed by atoms with Gasteiger partial charge >= 0.3 is 0 Å². The van der Waals surface area contributed by atoms with Crippen LogP contribution in [0.1, 0.15) is 13.8 Å². The molecule has 7 heteroatoms. The van der Waals surface area contributed by atoms with Crippen LogP contribution in [0.4, 0.5) is 5.95 Å². The number of amides is 1. The van der Waals surface area contributed by atoms with Crippen molar-refractivity contribution >= 4 is 29.1 Å². The number of carbonyl (C=O) groups excluding carboxylic acids is 1. The molecular weight excluding hydrogens is 226 g/mol. The molecule has 1 rings (SSSR count). The zero-order valence-electron chi connectivity index (χ0n) is 9.04. The molecule has 0 aliphatic carbocycles. The molecule has 0 radical (unpaired) electrons. The number of carbonyl (C=O) groups is 1. The number of nitrogens with zero attached hydrogens (tertiary/aromatic N) is 3. The normalized spacial score (nSPS) is 12.2. The molecule has 0 aromatic carbocycles. The van der Waals surface area contributed by atoms with Gasteiger partial charge in [0.25, 0.3) is 0 Å². The second-order valence-corrected chi connectivity index (χ2v) is 4.05. The SMILES string of the molecule is CC(C)C(C(=O)Nc1nccnn1)C(N)=S. The predicted molar refractivity (Wildman–Crippen MR) is 63.6 cm³/mol. The van der Waals surface area contributed by atoms with E-state index in [1.807, 2.05) is 13.8 Å². The number of nitrogens with one attached hydrogen (secondary N) is 1. The van der Waals surface area contributed by atoms with Crippen molar-refractivity contribution in [3.8, 4) is 0 Å². The van der Waals surface area contributed by atoms with Crippen molar-refractivity contribution in [2.75, 3.05) is 5.32 Å². The number of hydrogen-bond donors (Lipinski definition) is 2. The highest BCUT2D eigenvalue weighted by molar-refractivity contribution is 7.80. The first-order valence-electron chi connectivity index (χ1n) is 4.76. The van der Waals surface area contributed by atoms with Gasteiger partial charge in [0.2, 0.25) is 11.9 Å². The molecule has 6 nitrogen and oxygen atoms in total. The van der Waals surface area contributed by atoms with Crippen LogP contribution in [0.2, 0.25) is 0 Å². The van der Waals surface area contributed by atoms with E-state index in [0.29, 0.717) is 0 Å². The molecule has 1 unspecified atom stereocenters. The lowest BCUT2D eigenvalue weighted by Gasteiger charge is -2.17. The second-order valence-electron chi connectivity index (χ2n) is 3.58. The molecule has 0 aliphatic heterocycles. The van der Waals surface area contributed by atoms with E-state index in [4.69, 9.17) is 18.0 Å². The molecule has 3 N–H and O–H groups in total. The molecule has 0 aliphatic rings. The Balaban J connectivity index is 2.74. The van der Waals surface area contributed by atoms with Crippen molar-refractivity contribution in [1.82, 2.24) is 15.2 Å². The molecule has 1 atom stereocenters. The Hall–Kier alpha value is -1.63. The summed E-state index contributed by atoms with van der Waals surface area (Å²) >= 11 is 4.85. The van der Waals surface area contributed by atoms with E-state index in [1.165, 1.54) is 12.4 Å². The highest BCUT2D eigenvalue weighted by Crippen LogP contribution is 2.13. The Kier molecular flexibility index (Phi) is 4.24. The molecule has 0 spiro atoms. The molecule has 0 saturated heterocycles. The summed E-state index contributed by atoms with van der Waals surface area (Å²) in [7, 11) is 0. The summed E-state index contributed by atoms with van der Waals surface area (Å²) in [6, 6.07) is 0. The summed E-state index contributed by atoms with van der Waals surface area (Å²) in [5.41, 5.74) is 5.51. The highest BCUT2D eigenvalue weighted by atomic mass is 32.1. The lowest BCUT2D eigenvalue weighted by Crippen LogP contribution is -2.37. The first-order chi connectivity index (χ1) is 7.52. The Morgan fingerprint density at radius 1 is 1.50 bits per heavy atom. The van der Waals surface area contributed by atoms with E-state index in [-0.39, 0.29) is 22.8 Å². The lowest BCUT2D eigenvalue weighted by atomic mass is 9.95. The van der Waals surface area contributed by atoms with Crippen molar-refractivity contribution in [2.24, 2.45) is 17.6 Å². The zero-order valence-corrected chi connectivity index (χ0v) is 9.86. The Labute approximate surface area is 98.7 Å². The van der Waals surface area contributed by atoms with Crippen LogP contribution in [0.3, 0.4) is 0 Å². The molecule has 86 valence electrons. The number of thiocarbonyl (C=S) groups is 1. The largest absolute Gasteiger partial charge is 0.393 e. The summed E-state index contributed by atoms with van der Waals surface area (Å²) in [4.78, 5) is 15.8. The first kappa shape index (κ1) is 12.4. The van der Waals surface area contributed by atoms with Crippen molar-refractivity contribution in [2.45, 2.75) is 13.8 Å². The Morgan fingerprint density at radius 3 is 2.62 bits per heavy atom. The minimum atomic E-state index is -0.529. The van der Waals surface area contributed by atoms with Gasteiger partial charge in [-0.3, -0.25) is 10.1 Å². The van der Waals surface area contributed by atoms with Crippen LogP contribution in [0.5, 0.6) is 0 Å². The summed E-state index contributed by atoms with van der Waals surface area (Å²) in [6.45, 7) is 3.74. The van der Waals surface area contributed by atoms with Crippen molar-refractivity contribution in [3.63, 3.8) is 0 Å². The van der Waals surface area contributed by atoms with E-state index >= 15 is 0 Å². The first-order valence-corrected chi connectivity index (χ1v) is 5.17. The van der Waals surface area contributed by atoms with Gasteiger partial charge in [-0.05, 0) is 5.92 Å². The molecule has 1 aromatic heterocycles. The standard InChI is InChI=1S/C9H13N5OS/c1-5(2)6(7(10)16)8(15)13-9-11-3-4-12-14-9/h3-6H,1-2H3,(H2,10,16)(H,11,13,14,15). The average molecular weight is 239 g/mol. The fraction of sp³-hybridized carbons (Fsp3) is 0.444. The molecule has 1 heterocycles. The van der Waals surface area contributed by atoms with Gasteiger partial charge in [0.15, 0.2) is 0 Å². The van der Waals surface area contributed by atoms with Gasteiger partial charge in [-0.15, -0.1) is 5.10 Å². The monoisotopic (exact) mass is 239 g/mol. The second kappa shape index (κ2) is 5.45. The number of anilines is 1. The van der Waals surface area contributed by atoms with Gasteiger partial charge in [0, 0.05) is 0 Å².